The van der Waals surface area contributed by atoms with Crippen LogP contribution in [-0.2, 0) is 23.8 Å². The molecule has 0 aromatic rings. The predicted molar refractivity (Wildman–Crippen MR) is 194 cm³/mol. The Balaban J connectivity index is 1.38. The second-order valence-corrected chi connectivity index (χ2v) is 15.5. The Morgan fingerprint density at radius 1 is 1.00 bits per heavy atom. The van der Waals surface area contributed by atoms with Gasteiger partial charge in [-0.05, 0) is 57.6 Å². The maximum absolute atomic E-state index is 13.4. The molecule has 0 bridgehead atoms. The van der Waals surface area contributed by atoms with Crippen LogP contribution in [-0.4, -0.2) is 130 Å². The number of likely N-dealkylation sites (tertiary alicyclic amines) is 1. The molecule has 13 nitrogen and oxygen atoms in total. The van der Waals surface area contributed by atoms with Gasteiger partial charge in [0, 0.05) is 57.1 Å². The van der Waals surface area contributed by atoms with E-state index in [1.807, 2.05) is 32.9 Å². The van der Waals surface area contributed by atoms with Gasteiger partial charge in [-0.1, -0.05) is 63.8 Å². The molecule has 3 fully saturated rings. The Kier molecular flexibility index (Phi) is 15.6. The molecule has 1 saturated carbocycles. The number of carboxylic acids is 1. The fraction of sp³-hybridized carbons (Fsp3) is 0.744. The van der Waals surface area contributed by atoms with Gasteiger partial charge < -0.3 is 39.3 Å². The number of cyclic esters (lactones) is 1. The van der Waals surface area contributed by atoms with Gasteiger partial charge in [0.15, 0.2) is 6.10 Å². The standard InChI is InChI=1S/C39H61N3O10/c1-27(26-50-37(47)42-19-17-30(25-42)36(45)46)10-9-11-28(2)35-29(3)14-15-33(39(4,49)18-16-32(43)24-34(44)52-35)51-38(48)41-22-20-40(21-23-41)31-12-7-5-6-8-13-31/h9-11,14-15,27,29-33,35,43,49H,5-8,12-13,16-26H2,1-4H3,(H,45,46)/b10-9+,15-14-,28-11+/t27-,29+,30-,32-,33+,35-,39-/m1/s1. The van der Waals surface area contributed by atoms with Crippen LogP contribution in [0.3, 0.4) is 0 Å². The first-order valence-electron chi connectivity index (χ1n) is 19.2. The minimum Gasteiger partial charge on any atom is -0.481 e. The van der Waals surface area contributed by atoms with Crippen molar-refractivity contribution < 1.29 is 48.7 Å². The number of aliphatic hydroxyl groups is 2. The Hall–Kier alpha value is -3.42. The lowest BCUT2D eigenvalue weighted by Gasteiger charge is -2.40. The van der Waals surface area contributed by atoms with Crippen LogP contribution in [0.1, 0.15) is 91.9 Å². The molecule has 3 aliphatic heterocycles. The number of carbonyl (C=O) groups excluding carboxylic acids is 3. The van der Waals surface area contributed by atoms with E-state index in [4.69, 9.17) is 14.2 Å². The summed E-state index contributed by atoms with van der Waals surface area (Å²) >= 11 is 0. The molecular weight excluding hydrogens is 670 g/mol. The molecule has 13 heteroatoms. The molecule has 0 spiro atoms. The lowest BCUT2D eigenvalue weighted by molar-refractivity contribution is -0.151. The van der Waals surface area contributed by atoms with Crippen molar-refractivity contribution >= 4 is 24.1 Å². The summed E-state index contributed by atoms with van der Waals surface area (Å²) in [4.78, 5) is 55.5. The van der Waals surface area contributed by atoms with E-state index in [-0.39, 0.29) is 44.2 Å². The number of aliphatic carboxylic acids is 1. The van der Waals surface area contributed by atoms with Crippen molar-refractivity contribution in [3.05, 3.63) is 36.0 Å². The van der Waals surface area contributed by atoms with Gasteiger partial charge in [-0.25, -0.2) is 9.59 Å². The fourth-order valence-electron chi connectivity index (χ4n) is 7.50. The SMILES string of the molecule is C/C(=C\C=C\[C@@H](C)COC(=O)N1CC[C@@H](C(=O)O)C1)[C@H]1OC(=O)C[C@H](O)CC[C@@](C)(O)[C@@H](OC(=O)N2CCN(C3CCCCCC3)CC2)/C=C\[C@@H]1C. The highest BCUT2D eigenvalue weighted by molar-refractivity contribution is 5.74. The molecule has 3 N–H and O–H groups in total. The zero-order valence-electron chi connectivity index (χ0n) is 31.5. The summed E-state index contributed by atoms with van der Waals surface area (Å²) in [5.41, 5.74) is -0.769. The Morgan fingerprint density at radius 2 is 1.69 bits per heavy atom. The first-order valence-corrected chi connectivity index (χ1v) is 19.2. The van der Waals surface area contributed by atoms with Crippen molar-refractivity contribution in [1.82, 2.24) is 14.7 Å². The summed E-state index contributed by atoms with van der Waals surface area (Å²) in [7, 11) is 0. The number of hydrogen-bond donors (Lipinski definition) is 3. The first-order chi connectivity index (χ1) is 24.7. The lowest BCUT2D eigenvalue weighted by atomic mass is 9.89. The minimum atomic E-state index is -1.49. The van der Waals surface area contributed by atoms with E-state index in [1.54, 1.807) is 30.1 Å². The number of aliphatic hydroxyl groups excluding tert-OH is 1. The van der Waals surface area contributed by atoms with Crippen molar-refractivity contribution in [1.29, 1.82) is 0 Å². The molecule has 0 radical (unpaired) electrons. The van der Waals surface area contributed by atoms with Crippen molar-refractivity contribution in [3.63, 3.8) is 0 Å². The number of carboxylic acid groups (broad SMARTS) is 1. The van der Waals surface area contributed by atoms with Gasteiger partial charge in [0.25, 0.3) is 0 Å². The molecule has 292 valence electrons. The van der Waals surface area contributed by atoms with Gasteiger partial charge in [-0.2, -0.15) is 0 Å². The minimum absolute atomic E-state index is 0.106. The summed E-state index contributed by atoms with van der Waals surface area (Å²) in [6, 6.07) is 0.572. The summed E-state index contributed by atoms with van der Waals surface area (Å²) in [5.74, 6) is -2.57. The van der Waals surface area contributed by atoms with Crippen molar-refractivity contribution in [2.75, 3.05) is 45.9 Å². The van der Waals surface area contributed by atoms with Gasteiger partial charge in [0.2, 0.25) is 0 Å². The second-order valence-electron chi connectivity index (χ2n) is 15.5. The number of piperazine rings is 1. The van der Waals surface area contributed by atoms with Crippen molar-refractivity contribution in [3.8, 4) is 0 Å². The number of ether oxygens (including phenoxy) is 3. The number of amides is 2. The molecule has 4 rings (SSSR count). The van der Waals surface area contributed by atoms with Gasteiger partial charge in [0.1, 0.15) is 11.7 Å². The zero-order valence-corrected chi connectivity index (χ0v) is 31.5. The topological polar surface area (TPSA) is 166 Å². The number of rotatable bonds is 8. The number of hydrogen-bond acceptors (Lipinski definition) is 10. The van der Waals surface area contributed by atoms with Crippen molar-refractivity contribution in [2.24, 2.45) is 17.8 Å². The number of allylic oxidation sites excluding steroid dienone is 2. The summed E-state index contributed by atoms with van der Waals surface area (Å²) in [6.45, 7) is 10.5. The third-order valence-electron chi connectivity index (χ3n) is 11.0. The second kappa shape index (κ2) is 19.6. The van der Waals surface area contributed by atoms with Crippen LogP contribution in [0, 0.1) is 17.8 Å². The molecule has 2 amide bonds. The Bertz CT molecular complexity index is 1300. The molecule has 2 saturated heterocycles. The number of carbonyl (C=O) groups is 4. The summed E-state index contributed by atoms with van der Waals surface area (Å²) in [6.07, 6.45) is 13.1. The maximum atomic E-state index is 13.4. The van der Waals surface area contributed by atoms with E-state index in [0.29, 0.717) is 32.1 Å². The highest BCUT2D eigenvalue weighted by Crippen LogP contribution is 2.28. The molecule has 1 aliphatic carbocycles. The predicted octanol–water partition coefficient (Wildman–Crippen LogP) is 4.91. The highest BCUT2D eigenvalue weighted by Gasteiger charge is 2.37. The Labute approximate surface area is 308 Å². The van der Waals surface area contributed by atoms with E-state index in [1.165, 1.54) is 43.4 Å². The molecule has 0 aromatic heterocycles. The third-order valence-corrected chi connectivity index (χ3v) is 11.0. The zero-order chi connectivity index (χ0) is 37.8. The van der Waals surface area contributed by atoms with E-state index < -0.39 is 54.0 Å². The third kappa shape index (κ3) is 12.3. The molecule has 3 heterocycles. The average Bonchev–Trinajstić information content (AvgIpc) is 3.46. The van der Waals surface area contributed by atoms with Gasteiger partial charge in [-0.15, -0.1) is 0 Å². The molecule has 4 aliphatic rings. The molecule has 0 aromatic carbocycles. The lowest BCUT2D eigenvalue weighted by Crippen LogP contribution is -2.53. The van der Waals surface area contributed by atoms with Gasteiger partial charge >= 0.3 is 24.1 Å². The van der Waals surface area contributed by atoms with E-state index in [0.717, 1.165) is 18.7 Å². The molecule has 52 heavy (non-hydrogen) atoms. The molecular formula is C39H61N3O10. The van der Waals surface area contributed by atoms with Gasteiger partial charge in [0.05, 0.1) is 25.0 Å². The van der Waals surface area contributed by atoms with Crippen LogP contribution < -0.4 is 0 Å². The van der Waals surface area contributed by atoms with Crippen molar-refractivity contribution in [2.45, 2.75) is 122 Å². The largest absolute Gasteiger partial charge is 0.481 e. The fourth-order valence-corrected chi connectivity index (χ4v) is 7.50. The molecule has 7 atom stereocenters. The summed E-state index contributed by atoms with van der Waals surface area (Å²) < 4.78 is 17.2. The van der Waals surface area contributed by atoms with Crippen LogP contribution in [0.15, 0.2) is 36.0 Å². The smallest absolute Gasteiger partial charge is 0.410 e. The van der Waals surface area contributed by atoms with Crippen LogP contribution in [0.4, 0.5) is 9.59 Å². The summed E-state index contributed by atoms with van der Waals surface area (Å²) in [5, 5.41) is 31.4. The van der Waals surface area contributed by atoms with E-state index in [9.17, 15) is 34.5 Å². The van der Waals surface area contributed by atoms with E-state index >= 15 is 0 Å². The van der Waals surface area contributed by atoms with Crippen LogP contribution in [0.5, 0.6) is 0 Å². The normalized spacial score (nSPS) is 31.9. The maximum Gasteiger partial charge on any atom is 0.410 e. The number of nitrogens with zero attached hydrogens (tertiary/aromatic N) is 3. The van der Waals surface area contributed by atoms with Crippen LogP contribution in [0.25, 0.3) is 0 Å². The monoisotopic (exact) mass is 731 g/mol. The van der Waals surface area contributed by atoms with Crippen LogP contribution in [0.2, 0.25) is 0 Å². The first kappa shape index (κ1) is 41.3. The van der Waals surface area contributed by atoms with E-state index in [2.05, 4.69) is 4.90 Å². The number of esters is 1. The Morgan fingerprint density at radius 3 is 2.35 bits per heavy atom. The quantitative estimate of drug-likeness (QED) is 0.102. The average molecular weight is 732 g/mol. The molecule has 0 unspecified atom stereocenters. The van der Waals surface area contributed by atoms with Crippen LogP contribution >= 0.6 is 0 Å². The highest BCUT2D eigenvalue weighted by atomic mass is 16.6. The van der Waals surface area contributed by atoms with Gasteiger partial charge in [-0.3, -0.25) is 14.5 Å².